The summed E-state index contributed by atoms with van der Waals surface area (Å²) >= 11 is 0. The molecule has 0 fully saturated rings. The number of nitrogens with zero attached hydrogens (tertiary/aromatic N) is 1. The lowest BCUT2D eigenvalue weighted by molar-refractivity contribution is -0.126. The number of hydrogen-bond donors (Lipinski definition) is 0. The SMILES string of the molecule is CCCCCCN(CCCCCC)C(=O)C=Cc1ccc(OC)cc1. The Balaban J connectivity index is 2.56. The first-order chi connectivity index (χ1) is 12.2. The fraction of sp³-hybridized carbons (Fsp3) is 0.591. The van der Waals surface area contributed by atoms with Crippen LogP contribution in [0.25, 0.3) is 6.08 Å². The molecule has 25 heavy (non-hydrogen) atoms. The zero-order valence-corrected chi connectivity index (χ0v) is 16.3. The standard InChI is InChI=1S/C22H35NO2/c1-4-6-8-10-18-23(19-11-9-7-5-2)22(24)17-14-20-12-15-21(25-3)16-13-20/h12-17H,4-11,18-19H2,1-3H3. The number of benzene rings is 1. The van der Waals surface area contributed by atoms with Gasteiger partial charge in [-0.05, 0) is 36.6 Å². The molecule has 0 aromatic heterocycles. The van der Waals surface area contributed by atoms with Crippen molar-refractivity contribution in [1.82, 2.24) is 4.90 Å². The molecule has 0 atom stereocenters. The molecule has 0 aliphatic carbocycles. The van der Waals surface area contributed by atoms with Crippen molar-refractivity contribution in [1.29, 1.82) is 0 Å². The Hall–Kier alpha value is -1.77. The van der Waals surface area contributed by atoms with Crippen molar-refractivity contribution in [3.63, 3.8) is 0 Å². The first kappa shape index (κ1) is 21.3. The van der Waals surface area contributed by atoms with Gasteiger partial charge in [0.15, 0.2) is 0 Å². The Morgan fingerprint density at radius 3 is 1.96 bits per heavy atom. The normalized spacial score (nSPS) is 11.0. The van der Waals surface area contributed by atoms with E-state index in [4.69, 9.17) is 4.74 Å². The van der Waals surface area contributed by atoms with Gasteiger partial charge in [-0.3, -0.25) is 4.79 Å². The van der Waals surface area contributed by atoms with E-state index in [1.54, 1.807) is 13.2 Å². The quantitative estimate of drug-likeness (QED) is 0.339. The van der Waals surface area contributed by atoms with Crippen molar-refractivity contribution in [2.45, 2.75) is 65.2 Å². The molecule has 1 rings (SSSR count). The molecule has 0 bridgehead atoms. The number of rotatable bonds is 13. The number of methoxy groups -OCH3 is 1. The molecule has 0 aliphatic rings. The van der Waals surface area contributed by atoms with Gasteiger partial charge in [0.2, 0.25) is 5.91 Å². The number of unbranched alkanes of at least 4 members (excludes halogenated alkanes) is 6. The predicted molar refractivity (Wildman–Crippen MR) is 107 cm³/mol. The Labute approximate surface area is 154 Å². The molecular formula is C22H35NO2. The number of ether oxygens (including phenoxy) is 1. The molecule has 0 radical (unpaired) electrons. The van der Waals surface area contributed by atoms with Gasteiger partial charge < -0.3 is 9.64 Å². The molecule has 140 valence electrons. The largest absolute Gasteiger partial charge is 0.497 e. The molecule has 1 amide bonds. The highest BCUT2D eigenvalue weighted by atomic mass is 16.5. The van der Waals surface area contributed by atoms with Crippen LogP contribution in [0.2, 0.25) is 0 Å². The van der Waals surface area contributed by atoms with Crippen molar-refractivity contribution < 1.29 is 9.53 Å². The van der Waals surface area contributed by atoms with Crippen LogP contribution < -0.4 is 4.74 Å². The molecule has 0 unspecified atom stereocenters. The topological polar surface area (TPSA) is 29.5 Å². The summed E-state index contributed by atoms with van der Waals surface area (Å²) in [4.78, 5) is 14.6. The molecule has 1 aromatic carbocycles. The van der Waals surface area contributed by atoms with Crippen molar-refractivity contribution in [3.8, 4) is 5.75 Å². The van der Waals surface area contributed by atoms with E-state index in [0.29, 0.717) is 0 Å². The van der Waals surface area contributed by atoms with Gasteiger partial charge in [0.05, 0.1) is 7.11 Å². The van der Waals surface area contributed by atoms with Gasteiger partial charge in [0.25, 0.3) is 0 Å². The summed E-state index contributed by atoms with van der Waals surface area (Å²) in [6.07, 6.45) is 13.2. The molecule has 0 aliphatic heterocycles. The van der Waals surface area contributed by atoms with E-state index in [1.165, 1.54) is 38.5 Å². The first-order valence-corrected chi connectivity index (χ1v) is 9.82. The highest BCUT2D eigenvalue weighted by Crippen LogP contribution is 2.13. The summed E-state index contributed by atoms with van der Waals surface area (Å²) in [5.41, 5.74) is 1.02. The number of carbonyl (C=O) groups excluding carboxylic acids is 1. The molecular weight excluding hydrogens is 310 g/mol. The second kappa shape index (κ2) is 13.5. The van der Waals surface area contributed by atoms with Crippen LogP contribution in [0.15, 0.2) is 30.3 Å². The third-order valence-corrected chi connectivity index (χ3v) is 4.41. The van der Waals surface area contributed by atoms with E-state index in [0.717, 1.165) is 37.2 Å². The summed E-state index contributed by atoms with van der Waals surface area (Å²) < 4.78 is 5.16. The molecule has 0 spiro atoms. The van der Waals surface area contributed by atoms with Gasteiger partial charge >= 0.3 is 0 Å². The zero-order chi connectivity index (χ0) is 18.3. The Morgan fingerprint density at radius 1 is 0.920 bits per heavy atom. The van der Waals surface area contributed by atoms with E-state index < -0.39 is 0 Å². The van der Waals surface area contributed by atoms with Crippen molar-refractivity contribution >= 4 is 12.0 Å². The molecule has 3 heteroatoms. The van der Waals surface area contributed by atoms with Gasteiger partial charge in [-0.1, -0.05) is 64.5 Å². The molecule has 3 nitrogen and oxygen atoms in total. The zero-order valence-electron chi connectivity index (χ0n) is 16.3. The highest BCUT2D eigenvalue weighted by Gasteiger charge is 2.09. The van der Waals surface area contributed by atoms with E-state index in [2.05, 4.69) is 13.8 Å². The minimum absolute atomic E-state index is 0.129. The van der Waals surface area contributed by atoms with E-state index in [-0.39, 0.29) is 5.91 Å². The maximum absolute atomic E-state index is 12.6. The van der Waals surface area contributed by atoms with E-state index in [9.17, 15) is 4.79 Å². The molecule has 0 saturated carbocycles. The second-order valence-electron chi connectivity index (χ2n) is 6.55. The lowest BCUT2D eigenvalue weighted by atomic mass is 10.1. The monoisotopic (exact) mass is 345 g/mol. The van der Waals surface area contributed by atoms with Gasteiger partial charge in [0.1, 0.15) is 5.75 Å². The van der Waals surface area contributed by atoms with Crippen molar-refractivity contribution in [2.75, 3.05) is 20.2 Å². The predicted octanol–water partition coefficient (Wildman–Crippen LogP) is 5.70. The first-order valence-electron chi connectivity index (χ1n) is 9.82. The van der Waals surface area contributed by atoms with Crippen LogP contribution in [0, 0.1) is 0 Å². The molecule has 0 N–H and O–H groups in total. The summed E-state index contributed by atoms with van der Waals surface area (Å²) in [6, 6.07) is 7.76. The summed E-state index contributed by atoms with van der Waals surface area (Å²) in [6.45, 7) is 6.17. The minimum atomic E-state index is 0.129. The van der Waals surface area contributed by atoms with Crippen molar-refractivity contribution in [3.05, 3.63) is 35.9 Å². The van der Waals surface area contributed by atoms with Crippen LogP contribution >= 0.6 is 0 Å². The van der Waals surface area contributed by atoms with E-state index in [1.807, 2.05) is 35.2 Å². The number of carbonyl (C=O) groups is 1. The third kappa shape index (κ3) is 9.33. The molecule has 0 heterocycles. The van der Waals surface area contributed by atoms with Crippen LogP contribution in [-0.4, -0.2) is 31.0 Å². The van der Waals surface area contributed by atoms with Crippen LogP contribution in [0.1, 0.15) is 70.8 Å². The van der Waals surface area contributed by atoms with Crippen LogP contribution in [-0.2, 0) is 4.79 Å². The number of hydrogen-bond acceptors (Lipinski definition) is 2. The van der Waals surface area contributed by atoms with Crippen molar-refractivity contribution in [2.24, 2.45) is 0 Å². The van der Waals surface area contributed by atoms with Gasteiger partial charge in [-0.2, -0.15) is 0 Å². The second-order valence-corrected chi connectivity index (χ2v) is 6.55. The maximum atomic E-state index is 12.6. The average molecular weight is 346 g/mol. The lowest BCUT2D eigenvalue weighted by Crippen LogP contribution is -2.31. The van der Waals surface area contributed by atoms with Crippen LogP contribution in [0.5, 0.6) is 5.75 Å². The number of amides is 1. The van der Waals surface area contributed by atoms with Crippen LogP contribution in [0.4, 0.5) is 0 Å². The van der Waals surface area contributed by atoms with Gasteiger partial charge in [-0.25, -0.2) is 0 Å². The molecule has 1 aromatic rings. The van der Waals surface area contributed by atoms with Gasteiger partial charge in [0, 0.05) is 19.2 Å². The minimum Gasteiger partial charge on any atom is -0.497 e. The summed E-state index contributed by atoms with van der Waals surface area (Å²) in [7, 11) is 1.66. The Bertz CT molecular complexity index is 481. The Morgan fingerprint density at radius 2 is 1.48 bits per heavy atom. The van der Waals surface area contributed by atoms with E-state index >= 15 is 0 Å². The maximum Gasteiger partial charge on any atom is 0.246 e. The fourth-order valence-electron chi connectivity index (χ4n) is 2.78. The smallest absolute Gasteiger partial charge is 0.246 e. The summed E-state index contributed by atoms with van der Waals surface area (Å²) in [5, 5.41) is 0. The molecule has 0 saturated heterocycles. The van der Waals surface area contributed by atoms with Gasteiger partial charge in [-0.15, -0.1) is 0 Å². The summed E-state index contributed by atoms with van der Waals surface area (Å²) in [5.74, 6) is 0.959. The fourth-order valence-corrected chi connectivity index (χ4v) is 2.78. The Kier molecular flexibility index (Phi) is 11.5. The van der Waals surface area contributed by atoms with Crippen LogP contribution in [0.3, 0.4) is 0 Å². The third-order valence-electron chi connectivity index (χ3n) is 4.41. The highest BCUT2D eigenvalue weighted by molar-refractivity contribution is 5.91. The average Bonchev–Trinajstić information content (AvgIpc) is 2.65. The lowest BCUT2D eigenvalue weighted by Gasteiger charge is -2.21.